The number of aromatic nitrogens is 1. The van der Waals surface area contributed by atoms with Crippen LogP contribution >= 0.6 is 11.3 Å². The van der Waals surface area contributed by atoms with E-state index < -0.39 is 0 Å². The summed E-state index contributed by atoms with van der Waals surface area (Å²) >= 11 is 1.68. The van der Waals surface area contributed by atoms with Gasteiger partial charge < -0.3 is 0 Å². The molecule has 0 fully saturated rings. The van der Waals surface area contributed by atoms with Crippen molar-refractivity contribution in [1.29, 1.82) is 0 Å². The number of aryl methyl sites for hydroxylation is 2. The first-order valence-electron chi connectivity index (χ1n) is 6.19. The molecule has 0 aliphatic heterocycles. The summed E-state index contributed by atoms with van der Waals surface area (Å²) in [5, 5.41) is 3.20. The number of benzene rings is 1. The molecule has 96 valence electrons. The predicted molar refractivity (Wildman–Crippen MR) is 76.4 cm³/mol. The fourth-order valence-corrected chi connectivity index (χ4v) is 2.64. The van der Waals surface area contributed by atoms with E-state index in [0.717, 1.165) is 23.5 Å². The number of hydrogen-bond acceptors (Lipinski definition) is 4. The number of hydrogen-bond donors (Lipinski definition) is 2. The maximum atomic E-state index is 5.68. The molecule has 1 atom stereocenters. The minimum atomic E-state index is 0.123. The van der Waals surface area contributed by atoms with E-state index in [9.17, 15) is 0 Å². The summed E-state index contributed by atoms with van der Waals surface area (Å²) in [5.74, 6) is 5.68. The van der Waals surface area contributed by atoms with Gasteiger partial charge in [0.05, 0.1) is 16.7 Å². The van der Waals surface area contributed by atoms with Crippen LogP contribution in [-0.2, 0) is 12.8 Å². The molecule has 2 aromatic rings. The molecule has 0 amide bonds. The first-order valence-corrected chi connectivity index (χ1v) is 7.07. The number of nitrogens with one attached hydrogen (secondary N) is 1. The molecule has 0 radical (unpaired) electrons. The van der Waals surface area contributed by atoms with Crippen LogP contribution in [0.1, 0.15) is 34.8 Å². The van der Waals surface area contributed by atoms with E-state index in [1.54, 1.807) is 11.3 Å². The number of nitrogens with zero attached hydrogens (tertiary/aromatic N) is 1. The van der Waals surface area contributed by atoms with Crippen molar-refractivity contribution in [2.75, 3.05) is 0 Å². The van der Waals surface area contributed by atoms with Crippen LogP contribution in [0.25, 0.3) is 0 Å². The average molecular weight is 261 g/mol. The van der Waals surface area contributed by atoms with Crippen LogP contribution in [0.2, 0.25) is 0 Å². The minimum Gasteiger partial charge on any atom is -0.271 e. The third kappa shape index (κ3) is 3.16. The fourth-order valence-electron chi connectivity index (χ4n) is 2.01. The molecule has 0 saturated heterocycles. The third-order valence-corrected chi connectivity index (χ3v) is 3.87. The molecule has 0 saturated carbocycles. The van der Waals surface area contributed by atoms with Crippen LogP contribution in [0.15, 0.2) is 29.6 Å². The van der Waals surface area contributed by atoms with Crippen molar-refractivity contribution < 1.29 is 0 Å². The third-order valence-electron chi connectivity index (χ3n) is 3.04. The number of rotatable bonds is 5. The van der Waals surface area contributed by atoms with E-state index in [-0.39, 0.29) is 6.04 Å². The Morgan fingerprint density at radius 3 is 2.89 bits per heavy atom. The van der Waals surface area contributed by atoms with Gasteiger partial charge in [-0.2, -0.15) is 0 Å². The van der Waals surface area contributed by atoms with Crippen LogP contribution in [-0.4, -0.2) is 4.98 Å². The van der Waals surface area contributed by atoms with Crippen LogP contribution in [0.5, 0.6) is 0 Å². The molecule has 0 bridgehead atoms. The van der Waals surface area contributed by atoms with Gasteiger partial charge in [0.2, 0.25) is 0 Å². The zero-order valence-electron chi connectivity index (χ0n) is 10.8. The molecule has 1 heterocycles. The molecule has 0 aliphatic carbocycles. The molecule has 1 unspecified atom stereocenters. The second-order valence-electron chi connectivity index (χ2n) is 4.38. The van der Waals surface area contributed by atoms with Crippen LogP contribution in [0.3, 0.4) is 0 Å². The van der Waals surface area contributed by atoms with Gasteiger partial charge in [-0.05, 0) is 24.5 Å². The van der Waals surface area contributed by atoms with Crippen molar-refractivity contribution in [2.45, 2.75) is 32.7 Å². The SMILES string of the molecule is CCc1cccc(C(Cc2csc(C)n2)NN)c1. The number of thiazole rings is 1. The van der Waals surface area contributed by atoms with Gasteiger partial charge in [0, 0.05) is 11.8 Å². The molecule has 1 aromatic heterocycles. The fraction of sp³-hybridized carbons (Fsp3) is 0.357. The Morgan fingerprint density at radius 1 is 1.44 bits per heavy atom. The van der Waals surface area contributed by atoms with E-state index in [4.69, 9.17) is 5.84 Å². The number of hydrazine groups is 1. The Balaban J connectivity index is 2.17. The molecule has 0 aliphatic rings. The van der Waals surface area contributed by atoms with Gasteiger partial charge in [-0.15, -0.1) is 11.3 Å². The van der Waals surface area contributed by atoms with E-state index in [1.807, 2.05) is 6.92 Å². The minimum absolute atomic E-state index is 0.123. The quantitative estimate of drug-likeness (QED) is 0.643. The van der Waals surface area contributed by atoms with Gasteiger partial charge in [0.25, 0.3) is 0 Å². The lowest BCUT2D eigenvalue weighted by Gasteiger charge is -2.16. The monoisotopic (exact) mass is 261 g/mol. The van der Waals surface area contributed by atoms with Gasteiger partial charge in [-0.1, -0.05) is 31.2 Å². The van der Waals surface area contributed by atoms with Crippen molar-refractivity contribution in [3.8, 4) is 0 Å². The lowest BCUT2D eigenvalue weighted by Crippen LogP contribution is -2.29. The average Bonchev–Trinajstić information content (AvgIpc) is 2.81. The lowest BCUT2D eigenvalue weighted by atomic mass is 10.00. The molecule has 18 heavy (non-hydrogen) atoms. The van der Waals surface area contributed by atoms with Crippen LogP contribution < -0.4 is 11.3 Å². The second-order valence-corrected chi connectivity index (χ2v) is 5.44. The van der Waals surface area contributed by atoms with E-state index in [2.05, 4.69) is 47.0 Å². The van der Waals surface area contributed by atoms with E-state index >= 15 is 0 Å². The summed E-state index contributed by atoms with van der Waals surface area (Å²) in [7, 11) is 0. The molecule has 3 nitrogen and oxygen atoms in total. The molecule has 0 spiro atoms. The van der Waals surface area contributed by atoms with Gasteiger partial charge in [0.1, 0.15) is 0 Å². The Hall–Kier alpha value is -1.23. The topological polar surface area (TPSA) is 50.9 Å². The van der Waals surface area contributed by atoms with Crippen LogP contribution in [0.4, 0.5) is 0 Å². The first-order chi connectivity index (χ1) is 8.72. The Bertz CT molecular complexity index is 507. The van der Waals surface area contributed by atoms with Gasteiger partial charge in [-0.25, -0.2) is 4.98 Å². The van der Waals surface area contributed by atoms with Gasteiger partial charge >= 0.3 is 0 Å². The predicted octanol–water partition coefficient (Wildman–Crippen LogP) is 2.76. The standard InChI is InChI=1S/C14H19N3S/c1-3-11-5-4-6-12(7-11)14(17-15)8-13-9-18-10(2)16-13/h4-7,9,14,17H,3,8,15H2,1-2H3. The second kappa shape index (κ2) is 6.09. The van der Waals surface area contributed by atoms with Crippen molar-refractivity contribution in [2.24, 2.45) is 5.84 Å². The Morgan fingerprint density at radius 2 is 2.28 bits per heavy atom. The van der Waals surface area contributed by atoms with Gasteiger partial charge in [-0.3, -0.25) is 11.3 Å². The summed E-state index contributed by atoms with van der Waals surface area (Å²) in [6.07, 6.45) is 1.87. The number of nitrogens with two attached hydrogens (primary N) is 1. The zero-order valence-corrected chi connectivity index (χ0v) is 11.6. The maximum Gasteiger partial charge on any atom is 0.0897 e. The van der Waals surface area contributed by atoms with Crippen molar-refractivity contribution >= 4 is 11.3 Å². The highest BCUT2D eigenvalue weighted by Gasteiger charge is 2.12. The molecule has 2 rings (SSSR count). The molecular weight excluding hydrogens is 242 g/mol. The van der Waals surface area contributed by atoms with Crippen molar-refractivity contribution in [3.63, 3.8) is 0 Å². The van der Waals surface area contributed by atoms with E-state index in [0.29, 0.717) is 0 Å². The zero-order chi connectivity index (χ0) is 13.0. The van der Waals surface area contributed by atoms with Crippen molar-refractivity contribution in [1.82, 2.24) is 10.4 Å². The molecule has 3 N–H and O–H groups in total. The smallest absolute Gasteiger partial charge is 0.0897 e. The summed E-state index contributed by atoms with van der Waals surface area (Å²) < 4.78 is 0. The molecule has 4 heteroatoms. The highest BCUT2D eigenvalue weighted by atomic mass is 32.1. The van der Waals surface area contributed by atoms with E-state index in [1.165, 1.54) is 11.1 Å². The van der Waals surface area contributed by atoms with Crippen molar-refractivity contribution in [3.05, 3.63) is 51.5 Å². The van der Waals surface area contributed by atoms with Crippen LogP contribution in [0, 0.1) is 6.92 Å². The first kappa shape index (κ1) is 13.2. The highest BCUT2D eigenvalue weighted by Crippen LogP contribution is 2.20. The Kier molecular flexibility index (Phi) is 4.47. The summed E-state index contributed by atoms with van der Waals surface area (Å²) in [5.41, 5.74) is 6.55. The molecular formula is C14H19N3S. The summed E-state index contributed by atoms with van der Waals surface area (Å²) in [4.78, 5) is 4.49. The summed E-state index contributed by atoms with van der Waals surface area (Å²) in [6, 6.07) is 8.68. The largest absolute Gasteiger partial charge is 0.271 e. The highest BCUT2D eigenvalue weighted by molar-refractivity contribution is 7.09. The molecule has 1 aromatic carbocycles. The maximum absolute atomic E-state index is 5.68. The Labute approximate surface area is 112 Å². The van der Waals surface area contributed by atoms with Gasteiger partial charge in [0.15, 0.2) is 0 Å². The lowest BCUT2D eigenvalue weighted by molar-refractivity contribution is 0.546. The normalized spacial score (nSPS) is 12.6. The summed E-state index contributed by atoms with van der Waals surface area (Å²) in [6.45, 7) is 4.19.